The molecular weight excluding hydrogens is 320 g/mol. The van der Waals surface area contributed by atoms with E-state index in [1.807, 2.05) is 43.3 Å². The van der Waals surface area contributed by atoms with Gasteiger partial charge in [-0.3, -0.25) is 0 Å². The quantitative estimate of drug-likeness (QED) is 0.531. The molecule has 2 N–H and O–H groups in total. The summed E-state index contributed by atoms with van der Waals surface area (Å²) in [6.07, 6.45) is 0. The first kappa shape index (κ1) is 16.6. The van der Waals surface area contributed by atoms with E-state index in [1.165, 1.54) is 0 Å². The number of fused-ring (bicyclic) bond motifs is 1. The van der Waals surface area contributed by atoms with Gasteiger partial charge in [-0.25, -0.2) is 10.4 Å². The van der Waals surface area contributed by atoms with Crippen LogP contribution in [0.1, 0.15) is 12.5 Å². The van der Waals surface area contributed by atoms with Crippen LogP contribution in [0.25, 0.3) is 11.0 Å². The highest BCUT2D eigenvalue weighted by atomic mass is 16.5. The average molecular weight is 340 g/mol. The average Bonchev–Trinajstić information content (AvgIpc) is 3.07. The number of hydrogen-bond donors (Lipinski definition) is 2. The van der Waals surface area contributed by atoms with Crippen LogP contribution in [0, 0.1) is 0 Å². The number of para-hydroxylation sites is 2. The number of imidazole rings is 1. The number of nitrogens with one attached hydrogen (secondary N) is 2. The van der Waals surface area contributed by atoms with Crippen LogP contribution >= 0.6 is 0 Å². The van der Waals surface area contributed by atoms with Gasteiger partial charge in [0.25, 0.3) is 0 Å². The van der Waals surface area contributed by atoms with E-state index < -0.39 is 0 Å². The van der Waals surface area contributed by atoms with E-state index in [4.69, 9.17) is 14.2 Å². The number of ether oxygens (including phenoxy) is 3. The van der Waals surface area contributed by atoms with E-state index in [0.717, 1.165) is 22.3 Å². The Labute approximate surface area is 145 Å². The summed E-state index contributed by atoms with van der Waals surface area (Å²) < 4.78 is 16.1. The summed E-state index contributed by atoms with van der Waals surface area (Å²) in [4.78, 5) is 7.60. The van der Waals surface area contributed by atoms with E-state index in [9.17, 15) is 0 Å². The fourth-order valence-corrected chi connectivity index (χ4v) is 2.50. The lowest BCUT2D eigenvalue weighted by atomic mass is 10.1. The van der Waals surface area contributed by atoms with E-state index in [2.05, 4.69) is 20.5 Å². The molecule has 0 saturated carbocycles. The predicted octanol–water partition coefficient (Wildman–Crippen LogP) is 3.42. The van der Waals surface area contributed by atoms with Gasteiger partial charge in [-0.1, -0.05) is 12.1 Å². The number of anilines is 1. The van der Waals surface area contributed by atoms with Crippen LogP contribution in [0.2, 0.25) is 0 Å². The molecular formula is C18H20N4O3. The number of hydrogen-bond acceptors (Lipinski definition) is 6. The normalized spacial score (nSPS) is 11.4. The molecule has 0 aliphatic heterocycles. The largest absolute Gasteiger partial charge is 0.493 e. The fraction of sp³-hybridized carbons (Fsp3) is 0.222. The number of methoxy groups -OCH3 is 3. The maximum Gasteiger partial charge on any atom is 0.222 e. The number of hydrazone groups is 1. The molecule has 3 rings (SSSR count). The molecule has 7 heteroatoms. The number of benzene rings is 2. The third-order valence-corrected chi connectivity index (χ3v) is 3.80. The minimum atomic E-state index is 0.548. The van der Waals surface area contributed by atoms with Crippen molar-refractivity contribution in [2.24, 2.45) is 5.10 Å². The maximum atomic E-state index is 5.37. The molecule has 0 aliphatic rings. The van der Waals surface area contributed by atoms with Gasteiger partial charge < -0.3 is 19.2 Å². The first-order valence-corrected chi connectivity index (χ1v) is 7.71. The molecule has 7 nitrogen and oxygen atoms in total. The summed E-state index contributed by atoms with van der Waals surface area (Å²) in [5.74, 6) is 2.28. The maximum absolute atomic E-state index is 5.37. The molecule has 2 aromatic carbocycles. The second-order valence-electron chi connectivity index (χ2n) is 5.33. The summed E-state index contributed by atoms with van der Waals surface area (Å²) in [7, 11) is 4.74. The molecule has 130 valence electrons. The third kappa shape index (κ3) is 3.35. The lowest BCUT2D eigenvalue weighted by Crippen LogP contribution is -2.03. The van der Waals surface area contributed by atoms with Crippen molar-refractivity contribution in [2.45, 2.75) is 6.92 Å². The van der Waals surface area contributed by atoms with Gasteiger partial charge in [0.05, 0.1) is 38.1 Å². The number of H-pyrrole nitrogens is 1. The van der Waals surface area contributed by atoms with Crippen molar-refractivity contribution in [1.29, 1.82) is 0 Å². The highest BCUT2D eigenvalue weighted by molar-refractivity contribution is 6.00. The van der Waals surface area contributed by atoms with Crippen molar-refractivity contribution < 1.29 is 14.2 Å². The summed E-state index contributed by atoms with van der Waals surface area (Å²) in [6, 6.07) is 11.5. The summed E-state index contributed by atoms with van der Waals surface area (Å²) in [5, 5.41) is 4.39. The zero-order valence-corrected chi connectivity index (χ0v) is 14.6. The number of rotatable bonds is 6. The van der Waals surface area contributed by atoms with Crippen LogP contribution in [-0.4, -0.2) is 37.0 Å². The highest BCUT2D eigenvalue weighted by Crippen LogP contribution is 2.38. The Bertz CT molecular complexity index is 860. The van der Waals surface area contributed by atoms with Crippen molar-refractivity contribution >= 4 is 22.7 Å². The first-order chi connectivity index (χ1) is 12.2. The van der Waals surface area contributed by atoms with Crippen molar-refractivity contribution in [3.05, 3.63) is 42.0 Å². The molecule has 0 bridgehead atoms. The number of nitrogens with zero attached hydrogens (tertiary/aromatic N) is 2. The highest BCUT2D eigenvalue weighted by Gasteiger charge is 2.14. The zero-order valence-electron chi connectivity index (χ0n) is 14.6. The fourth-order valence-electron chi connectivity index (χ4n) is 2.50. The van der Waals surface area contributed by atoms with Gasteiger partial charge in [0.1, 0.15) is 0 Å². The molecule has 0 amide bonds. The lowest BCUT2D eigenvalue weighted by Gasteiger charge is -2.14. The van der Waals surface area contributed by atoms with E-state index in [0.29, 0.717) is 23.2 Å². The van der Waals surface area contributed by atoms with Gasteiger partial charge in [0.15, 0.2) is 11.5 Å². The second kappa shape index (κ2) is 7.12. The third-order valence-electron chi connectivity index (χ3n) is 3.80. The molecule has 0 spiro atoms. The smallest absolute Gasteiger partial charge is 0.222 e. The lowest BCUT2D eigenvalue weighted by molar-refractivity contribution is 0.324. The minimum absolute atomic E-state index is 0.548. The predicted molar refractivity (Wildman–Crippen MR) is 98.0 cm³/mol. The SMILES string of the molecule is COc1cc(/C(C)=N\Nc2nc3ccccc3[nH]2)cc(OC)c1OC. The van der Waals surface area contributed by atoms with Gasteiger partial charge in [0.2, 0.25) is 11.7 Å². The second-order valence-corrected chi connectivity index (χ2v) is 5.33. The number of aromatic amines is 1. The minimum Gasteiger partial charge on any atom is -0.493 e. The molecule has 0 aliphatic carbocycles. The van der Waals surface area contributed by atoms with Gasteiger partial charge in [0, 0.05) is 5.56 Å². The van der Waals surface area contributed by atoms with Crippen molar-refractivity contribution in [3.63, 3.8) is 0 Å². The molecule has 0 radical (unpaired) electrons. The van der Waals surface area contributed by atoms with E-state index in [1.54, 1.807) is 21.3 Å². The Morgan fingerprint density at radius 3 is 2.32 bits per heavy atom. The molecule has 0 fully saturated rings. The van der Waals surface area contributed by atoms with E-state index in [-0.39, 0.29) is 0 Å². The van der Waals surface area contributed by atoms with E-state index >= 15 is 0 Å². The van der Waals surface area contributed by atoms with Gasteiger partial charge in [-0.05, 0) is 31.2 Å². The van der Waals surface area contributed by atoms with Crippen LogP contribution in [0.15, 0.2) is 41.5 Å². The van der Waals surface area contributed by atoms with Crippen LogP contribution in [0.4, 0.5) is 5.95 Å². The molecule has 25 heavy (non-hydrogen) atoms. The summed E-state index contributed by atoms with van der Waals surface area (Å²) >= 11 is 0. The summed E-state index contributed by atoms with van der Waals surface area (Å²) in [5.41, 5.74) is 6.37. The van der Waals surface area contributed by atoms with Crippen LogP contribution in [-0.2, 0) is 0 Å². The van der Waals surface area contributed by atoms with Gasteiger partial charge >= 0.3 is 0 Å². The molecule has 0 atom stereocenters. The first-order valence-electron chi connectivity index (χ1n) is 7.71. The Morgan fingerprint density at radius 1 is 1.04 bits per heavy atom. The monoisotopic (exact) mass is 340 g/mol. The topological polar surface area (TPSA) is 80.8 Å². The summed E-state index contributed by atoms with van der Waals surface area (Å²) in [6.45, 7) is 1.89. The Morgan fingerprint density at radius 2 is 1.72 bits per heavy atom. The van der Waals surface area contributed by atoms with Gasteiger partial charge in [-0.2, -0.15) is 5.10 Å². The standard InChI is InChI=1S/C18H20N4O3/c1-11(12-9-15(23-2)17(25-4)16(10-12)24-3)21-22-18-19-13-7-5-6-8-14(13)20-18/h5-10H,1-4H3,(H2,19,20,22)/b21-11-. The van der Waals surface area contributed by atoms with Gasteiger partial charge in [-0.15, -0.1) is 0 Å². The molecule has 0 saturated heterocycles. The van der Waals surface area contributed by atoms with Crippen molar-refractivity contribution in [2.75, 3.05) is 26.8 Å². The molecule has 1 aromatic heterocycles. The Kier molecular flexibility index (Phi) is 4.74. The van der Waals surface area contributed by atoms with Crippen LogP contribution in [0.5, 0.6) is 17.2 Å². The molecule has 0 unspecified atom stereocenters. The van der Waals surface area contributed by atoms with Crippen molar-refractivity contribution in [3.8, 4) is 17.2 Å². The number of aromatic nitrogens is 2. The zero-order chi connectivity index (χ0) is 17.8. The van der Waals surface area contributed by atoms with Crippen LogP contribution < -0.4 is 19.6 Å². The molecule has 3 aromatic rings. The van der Waals surface area contributed by atoms with Crippen LogP contribution in [0.3, 0.4) is 0 Å². The Hall–Kier alpha value is -3.22. The van der Waals surface area contributed by atoms with Crippen molar-refractivity contribution in [1.82, 2.24) is 9.97 Å². The Balaban J connectivity index is 1.88. The molecule has 1 heterocycles.